The second-order valence-electron chi connectivity index (χ2n) is 7.12. The van der Waals surface area contributed by atoms with Crippen LogP contribution in [0, 0.1) is 0 Å². The number of fused-ring (bicyclic) bond motifs is 1. The summed E-state index contributed by atoms with van der Waals surface area (Å²) in [6, 6.07) is 18.0. The van der Waals surface area contributed by atoms with Crippen LogP contribution in [0.4, 0.5) is 5.69 Å². The number of nitrogens with one attached hydrogen (secondary N) is 1. The van der Waals surface area contributed by atoms with E-state index in [1.807, 2.05) is 30.3 Å². The summed E-state index contributed by atoms with van der Waals surface area (Å²) < 4.78 is 25.1. The molecule has 4 rings (SSSR count). The Hall–Kier alpha value is -3.32. The zero-order valence-electron chi connectivity index (χ0n) is 16.3. The van der Waals surface area contributed by atoms with Crippen LogP contribution < -0.4 is 5.32 Å². The van der Waals surface area contributed by atoms with Gasteiger partial charge in [-0.15, -0.1) is 0 Å². The van der Waals surface area contributed by atoms with Crippen LogP contribution in [0.5, 0.6) is 0 Å². The lowest BCUT2D eigenvalue weighted by Gasteiger charge is -2.08. The van der Waals surface area contributed by atoms with Crippen molar-refractivity contribution in [1.29, 1.82) is 0 Å². The van der Waals surface area contributed by atoms with Crippen LogP contribution in [0.3, 0.4) is 0 Å². The third-order valence-corrected chi connectivity index (χ3v) is 6.72. The number of aliphatic imine (C=N–C) groups is 1. The fraction of sp³-hybridized carbons (Fsp3) is 0.174. The van der Waals surface area contributed by atoms with Crippen molar-refractivity contribution in [3.63, 3.8) is 0 Å². The van der Waals surface area contributed by atoms with Gasteiger partial charge >= 0.3 is 0 Å². The maximum Gasteiger partial charge on any atom is 0.266 e. The number of hydrogen-bond acceptors (Lipinski definition) is 5. The second kappa shape index (κ2) is 8.59. The summed E-state index contributed by atoms with van der Waals surface area (Å²) in [6.45, 7) is 0.302. The van der Waals surface area contributed by atoms with Crippen LogP contribution in [-0.4, -0.2) is 30.8 Å². The molecule has 6 nitrogen and oxygen atoms in total. The molecule has 2 aromatic carbocycles. The highest BCUT2D eigenvalue weighted by atomic mass is 32.2. The Kier molecular flexibility index (Phi) is 5.72. The zero-order chi connectivity index (χ0) is 21.0. The summed E-state index contributed by atoms with van der Waals surface area (Å²) >= 11 is 0. The minimum Gasteiger partial charge on any atom is -0.347 e. The van der Waals surface area contributed by atoms with Gasteiger partial charge in [0, 0.05) is 30.9 Å². The lowest BCUT2D eigenvalue weighted by Crippen LogP contribution is -2.30. The topological polar surface area (TPSA) is 88.5 Å². The van der Waals surface area contributed by atoms with Crippen molar-refractivity contribution in [3.8, 4) is 0 Å². The van der Waals surface area contributed by atoms with Crippen molar-refractivity contribution in [1.82, 2.24) is 10.3 Å². The minimum absolute atomic E-state index is 0.0579. The molecule has 1 aromatic heterocycles. The molecule has 0 saturated carbocycles. The van der Waals surface area contributed by atoms with E-state index in [9.17, 15) is 13.2 Å². The number of rotatable bonds is 7. The van der Waals surface area contributed by atoms with Crippen molar-refractivity contribution in [2.75, 3.05) is 5.75 Å². The summed E-state index contributed by atoms with van der Waals surface area (Å²) in [7, 11) is -3.36. The molecular weight excluding hydrogens is 398 g/mol. The molecule has 1 N–H and O–H groups in total. The molecule has 3 aromatic rings. The quantitative estimate of drug-likeness (QED) is 0.638. The molecule has 7 heteroatoms. The number of aromatic nitrogens is 1. The number of nitrogens with zero attached hydrogens (tertiary/aromatic N) is 2. The molecule has 0 saturated heterocycles. The van der Waals surface area contributed by atoms with Crippen LogP contribution in [0.1, 0.15) is 16.7 Å². The number of benzene rings is 2. The Morgan fingerprint density at radius 3 is 2.47 bits per heavy atom. The second-order valence-corrected chi connectivity index (χ2v) is 9.23. The van der Waals surface area contributed by atoms with Gasteiger partial charge in [-0.05, 0) is 35.7 Å². The standard InChI is InChI=1S/C23H21N3O3S/c27-23(22-14-19-16-24-12-10-21(19)26-22)25-15-18-6-8-20(9-7-18)30(28,29)13-11-17-4-2-1-3-5-17/h1-10,12,16H,11,13-15H2,(H,25,27). The predicted octanol–water partition coefficient (Wildman–Crippen LogP) is 3.04. The molecule has 1 aliphatic rings. The number of amides is 1. The average Bonchev–Trinajstić information content (AvgIpc) is 3.22. The largest absolute Gasteiger partial charge is 0.347 e. The molecule has 0 unspecified atom stereocenters. The number of pyridine rings is 1. The normalized spacial score (nSPS) is 12.9. The zero-order valence-corrected chi connectivity index (χ0v) is 17.1. The Bertz CT molecular complexity index is 1190. The van der Waals surface area contributed by atoms with Gasteiger partial charge in [-0.3, -0.25) is 9.78 Å². The number of carbonyl (C=O) groups is 1. The average molecular weight is 420 g/mol. The van der Waals surface area contributed by atoms with Crippen LogP contribution in [-0.2, 0) is 34.0 Å². The van der Waals surface area contributed by atoms with Crippen LogP contribution in [0.15, 0.2) is 82.9 Å². The van der Waals surface area contributed by atoms with Gasteiger partial charge < -0.3 is 5.32 Å². The molecule has 152 valence electrons. The summed E-state index contributed by atoms with van der Waals surface area (Å²) in [5, 5.41) is 2.84. The monoisotopic (exact) mass is 419 g/mol. The van der Waals surface area contributed by atoms with E-state index in [0.29, 0.717) is 25.1 Å². The summed E-state index contributed by atoms with van der Waals surface area (Å²) in [5.74, 6) is -0.173. The summed E-state index contributed by atoms with van der Waals surface area (Å²) in [6.07, 6.45) is 4.31. The molecule has 0 radical (unpaired) electrons. The molecule has 2 heterocycles. The first-order valence-electron chi connectivity index (χ1n) is 9.65. The highest BCUT2D eigenvalue weighted by molar-refractivity contribution is 7.91. The van der Waals surface area contributed by atoms with Crippen LogP contribution in [0.25, 0.3) is 0 Å². The maximum atomic E-state index is 12.6. The molecule has 0 aliphatic carbocycles. The fourth-order valence-electron chi connectivity index (χ4n) is 3.28. The highest BCUT2D eigenvalue weighted by Crippen LogP contribution is 2.25. The van der Waals surface area contributed by atoms with E-state index < -0.39 is 9.84 Å². The fourth-order valence-corrected chi connectivity index (χ4v) is 4.57. The first kappa shape index (κ1) is 20.0. The Morgan fingerprint density at radius 2 is 1.73 bits per heavy atom. The van der Waals surface area contributed by atoms with Gasteiger partial charge in [0.1, 0.15) is 5.71 Å². The Balaban J connectivity index is 1.33. The molecule has 1 amide bonds. The van der Waals surface area contributed by atoms with E-state index in [0.717, 1.165) is 22.4 Å². The van der Waals surface area contributed by atoms with Gasteiger partial charge in [-0.2, -0.15) is 0 Å². The first-order valence-corrected chi connectivity index (χ1v) is 11.3. The highest BCUT2D eigenvalue weighted by Gasteiger charge is 2.20. The molecule has 0 fully saturated rings. The van der Waals surface area contributed by atoms with E-state index in [-0.39, 0.29) is 16.6 Å². The molecular formula is C23H21N3O3S. The van der Waals surface area contributed by atoms with E-state index in [2.05, 4.69) is 15.3 Å². The van der Waals surface area contributed by atoms with Crippen molar-refractivity contribution in [3.05, 3.63) is 89.7 Å². The Morgan fingerprint density at radius 1 is 0.967 bits per heavy atom. The third-order valence-electron chi connectivity index (χ3n) is 4.99. The van der Waals surface area contributed by atoms with E-state index >= 15 is 0 Å². The molecule has 0 spiro atoms. The van der Waals surface area contributed by atoms with E-state index in [4.69, 9.17) is 0 Å². The lowest BCUT2D eigenvalue weighted by molar-refractivity contribution is -0.115. The third kappa shape index (κ3) is 4.63. The smallest absolute Gasteiger partial charge is 0.266 e. The van der Waals surface area contributed by atoms with E-state index in [1.165, 1.54) is 0 Å². The number of aryl methyl sites for hydroxylation is 1. The number of sulfone groups is 1. The van der Waals surface area contributed by atoms with Gasteiger partial charge in [0.2, 0.25) is 0 Å². The minimum atomic E-state index is -3.36. The van der Waals surface area contributed by atoms with Crippen LogP contribution >= 0.6 is 0 Å². The van der Waals surface area contributed by atoms with Gasteiger partial charge in [-0.25, -0.2) is 13.4 Å². The van der Waals surface area contributed by atoms with Gasteiger partial charge in [0.15, 0.2) is 9.84 Å². The van der Waals surface area contributed by atoms with Gasteiger partial charge in [0.25, 0.3) is 5.91 Å². The lowest BCUT2D eigenvalue weighted by atomic mass is 10.1. The number of hydrogen-bond donors (Lipinski definition) is 1. The molecule has 0 bridgehead atoms. The van der Waals surface area contributed by atoms with Gasteiger partial charge in [0.05, 0.1) is 16.3 Å². The maximum absolute atomic E-state index is 12.6. The predicted molar refractivity (Wildman–Crippen MR) is 116 cm³/mol. The molecule has 0 atom stereocenters. The molecule has 30 heavy (non-hydrogen) atoms. The first-order chi connectivity index (χ1) is 14.5. The van der Waals surface area contributed by atoms with Crippen molar-refractivity contribution in [2.24, 2.45) is 4.99 Å². The SMILES string of the molecule is O=C(NCc1ccc(S(=O)(=O)CCc2ccccc2)cc1)C1=Nc2ccncc2C1. The van der Waals surface area contributed by atoms with E-state index in [1.54, 1.807) is 42.7 Å². The van der Waals surface area contributed by atoms with Crippen molar-refractivity contribution in [2.45, 2.75) is 24.3 Å². The summed E-state index contributed by atoms with van der Waals surface area (Å²) in [5.41, 5.74) is 3.99. The van der Waals surface area contributed by atoms with Gasteiger partial charge in [-0.1, -0.05) is 42.5 Å². The number of carbonyl (C=O) groups excluding carboxylic acids is 1. The van der Waals surface area contributed by atoms with Crippen molar-refractivity contribution < 1.29 is 13.2 Å². The summed E-state index contributed by atoms with van der Waals surface area (Å²) in [4.78, 5) is 21.1. The Labute approximate surface area is 175 Å². The van der Waals surface area contributed by atoms with Crippen LogP contribution in [0.2, 0.25) is 0 Å². The molecule has 1 aliphatic heterocycles. The van der Waals surface area contributed by atoms with Crippen molar-refractivity contribution >= 4 is 27.1 Å².